The van der Waals surface area contributed by atoms with Gasteiger partial charge >= 0.3 is 6.03 Å². The number of benzene rings is 2. The molecule has 1 fully saturated rings. The van der Waals surface area contributed by atoms with Gasteiger partial charge in [0.25, 0.3) is 5.89 Å². The number of aliphatic hydroxyl groups is 1. The number of amides is 2. The maximum atomic E-state index is 12.6. The number of aliphatic hydroxyl groups excluding tert-OH is 1. The summed E-state index contributed by atoms with van der Waals surface area (Å²) < 4.78 is 11.3. The second-order valence-corrected chi connectivity index (χ2v) is 9.14. The molecule has 5 rings (SSSR count). The summed E-state index contributed by atoms with van der Waals surface area (Å²) in [7, 11) is 0. The van der Waals surface area contributed by atoms with Gasteiger partial charge in [-0.1, -0.05) is 23.4 Å². The fourth-order valence-electron chi connectivity index (χ4n) is 4.67. The lowest BCUT2D eigenvalue weighted by Gasteiger charge is -2.21. The molecule has 0 saturated carbocycles. The van der Waals surface area contributed by atoms with Gasteiger partial charge in [0, 0.05) is 24.2 Å². The molecule has 9 heteroatoms. The van der Waals surface area contributed by atoms with Crippen LogP contribution in [0, 0.1) is 0 Å². The highest BCUT2D eigenvalue weighted by molar-refractivity contribution is 5.76. The van der Waals surface area contributed by atoms with Gasteiger partial charge in [0.2, 0.25) is 5.82 Å². The molecular weight excluding hydrogens is 434 g/mol. The molecule has 4 N–H and O–H groups in total. The quantitative estimate of drug-likeness (QED) is 0.494. The van der Waals surface area contributed by atoms with Crippen molar-refractivity contribution in [2.75, 3.05) is 18.8 Å². The molecule has 0 unspecified atom stereocenters. The molecule has 2 aliphatic rings. The number of nitrogen functional groups attached to an aromatic ring is 1. The Balaban J connectivity index is 1.35. The van der Waals surface area contributed by atoms with Crippen molar-refractivity contribution < 1.29 is 19.2 Å². The van der Waals surface area contributed by atoms with Crippen LogP contribution in [0.2, 0.25) is 0 Å². The van der Waals surface area contributed by atoms with Gasteiger partial charge < -0.3 is 30.3 Å². The molecule has 3 aromatic rings. The Kier molecular flexibility index (Phi) is 5.87. The summed E-state index contributed by atoms with van der Waals surface area (Å²) in [5.41, 5.74) is 10.4. The third-order valence-corrected chi connectivity index (χ3v) is 6.31. The van der Waals surface area contributed by atoms with Crippen LogP contribution in [-0.4, -0.2) is 51.5 Å². The number of carbonyl (C=O) groups excluding carboxylic acids is 1. The number of β-amino-alcohol motifs (C(OH)–C–C–N with tert-alkyl or cyclic N) is 1. The SMILES string of the molecule is CC(C)Oc1ccc(-c2nc(-c3cccc4c3CC[C@@H]4NC(=O)N3CC[C@H](O)C3)no2)cc1N. The molecule has 0 bridgehead atoms. The first-order valence-electron chi connectivity index (χ1n) is 11.6. The molecule has 2 amide bonds. The number of aromatic nitrogens is 2. The van der Waals surface area contributed by atoms with Crippen LogP contribution in [-0.2, 0) is 6.42 Å². The summed E-state index contributed by atoms with van der Waals surface area (Å²) in [5.74, 6) is 1.50. The number of nitrogens with one attached hydrogen (secondary N) is 1. The first kappa shape index (κ1) is 22.2. The summed E-state index contributed by atoms with van der Waals surface area (Å²) in [6.45, 7) is 4.85. The standard InChI is InChI=1S/C25H29N5O4/c1-14(2)33-22-9-6-15(12-20(22)26)24-28-23(29-34-24)19-5-3-4-18-17(19)7-8-21(18)27-25(32)30-11-10-16(31)13-30/h3-6,9,12,14,16,21,31H,7-8,10-11,13,26H2,1-2H3,(H,27,32)/t16-,21-/m0/s1. The molecule has 1 aromatic heterocycles. The second-order valence-electron chi connectivity index (χ2n) is 9.14. The zero-order chi connectivity index (χ0) is 23.8. The molecule has 0 spiro atoms. The second kappa shape index (κ2) is 8.98. The van der Waals surface area contributed by atoms with Crippen LogP contribution in [0.4, 0.5) is 10.5 Å². The lowest BCUT2D eigenvalue weighted by Crippen LogP contribution is -2.40. The minimum atomic E-state index is -0.435. The van der Waals surface area contributed by atoms with Crippen molar-refractivity contribution in [2.45, 2.75) is 51.4 Å². The highest BCUT2D eigenvalue weighted by atomic mass is 16.5. The topological polar surface area (TPSA) is 127 Å². The van der Waals surface area contributed by atoms with E-state index in [0.717, 1.165) is 35.1 Å². The molecule has 34 heavy (non-hydrogen) atoms. The van der Waals surface area contributed by atoms with Gasteiger partial charge in [0.05, 0.1) is 23.9 Å². The summed E-state index contributed by atoms with van der Waals surface area (Å²) >= 11 is 0. The number of likely N-dealkylation sites (tertiary alicyclic amines) is 1. The average molecular weight is 464 g/mol. The smallest absolute Gasteiger partial charge is 0.317 e. The van der Waals surface area contributed by atoms with E-state index >= 15 is 0 Å². The van der Waals surface area contributed by atoms with E-state index in [1.54, 1.807) is 17.0 Å². The molecule has 1 aliphatic carbocycles. The van der Waals surface area contributed by atoms with E-state index in [4.69, 9.17) is 15.0 Å². The third kappa shape index (κ3) is 4.31. The van der Waals surface area contributed by atoms with Crippen LogP contribution in [0.3, 0.4) is 0 Å². The van der Waals surface area contributed by atoms with E-state index in [0.29, 0.717) is 42.7 Å². The van der Waals surface area contributed by atoms with Crippen LogP contribution in [0.25, 0.3) is 22.8 Å². The van der Waals surface area contributed by atoms with Gasteiger partial charge in [-0.25, -0.2) is 4.79 Å². The summed E-state index contributed by atoms with van der Waals surface area (Å²) in [5, 5.41) is 17.1. The number of anilines is 1. The number of hydrogen-bond donors (Lipinski definition) is 3. The Morgan fingerprint density at radius 1 is 1.29 bits per heavy atom. The third-order valence-electron chi connectivity index (χ3n) is 6.31. The minimum absolute atomic E-state index is 0.0267. The number of carbonyl (C=O) groups is 1. The molecule has 9 nitrogen and oxygen atoms in total. The lowest BCUT2D eigenvalue weighted by molar-refractivity contribution is 0.170. The first-order chi connectivity index (χ1) is 16.4. The Hall–Kier alpha value is -3.59. The molecular formula is C25H29N5O4. The van der Waals surface area contributed by atoms with Crippen LogP contribution >= 0.6 is 0 Å². The predicted octanol–water partition coefficient (Wildman–Crippen LogP) is 3.54. The minimum Gasteiger partial charge on any atom is -0.489 e. The van der Waals surface area contributed by atoms with Crippen LogP contribution in [0.1, 0.15) is 43.9 Å². The average Bonchev–Trinajstić information content (AvgIpc) is 3.55. The molecule has 178 valence electrons. The normalized spacial score (nSPS) is 19.5. The van der Waals surface area contributed by atoms with Gasteiger partial charge in [-0.2, -0.15) is 4.98 Å². The number of fused-ring (bicyclic) bond motifs is 1. The van der Waals surface area contributed by atoms with Crippen molar-refractivity contribution in [1.82, 2.24) is 20.4 Å². The fraction of sp³-hybridized carbons (Fsp3) is 0.400. The molecule has 2 heterocycles. The highest BCUT2D eigenvalue weighted by Crippen LogP contribution is 2.38. The monoisotopic (exact) mass is 463 g/mol. The summed E-state index contributed by atoms with van der Waals surface area (Å²) in [4.78, 5) is 18.9. The van der Waals surface area contributed by atoms with Crippen molar-refractivity contribution in [3.05, 3.63) is 47.5 Å². The van der Waals surface area contributed by atoms with E-state index < -0.39 is 6.10 Å². The number of hydrogen-bond acceptors (Lipinski definition) is 7. The van der Waals surface area contributed by atoms with E-state index in [-0.39, 0.29) is 18.2 Å². The first-order valence-corrected chi connectivity index (χ1v) is 11.6. The van der Waals surface area contributed by atoms with E-state index in [9.17, 15) is 9.90 Å². The zero-order valence-electron chi connectivity index (χ0n) is 19.3. The van der Waals surface area contributed by atoms with Crippen LogP contribution < -0.4 is 15.8 Å². The summed E-state index contributed by atoms with van der Waals surface area (Å²) in [6, 6.07) is 11.2. The van der Waals surface area contributed by atoms with Gasteiger partial charge in [0.15, 0.2) is 0 Å². The van der Waals surface area contributed by atoms with E-state index in [2.05, 4.69) is 15.5 Å². The Morgan fingerprint density at radius 2 is 2.15 bits per heavy atom. The predicted molar refractivity (Wildman–Crippen MR) is 127 cm³/mol. The van der Waals surface area contributed by atoms with E-state index in [1.165, 1.54) is 0 Å². The lowest BCUT2D eigenvalue weighted by atomic mass is 10.0. The van der Waals surface area contributed by atoms with Crippen molar-refractivity contribution in [1.29, 1.82) is 0 Å². The van der Waals surface area contributed by atoms with Crippen LogP contribution in [0.15, 0.2) is 40.9 Å². The van der Waals surface area contributed by atoms with Crippen molar-refractivity contribution in [3.8, 4) is 28.6 Å². The maximum absolute atomic E-state index is 12.6. The molecule has 1 aliphatic heterocycles. The summed E-state index contributed by atoms with van der Waals surface area (Å²) in [6.07, 6.45) is 1.82. The van der Waals surface area contributed by atoms with Gasteiger partial charge in [-0.15, -0.1) is 0 Å². The van der Waals surface area contributed by atoms with Gasteiger partial charge in [-0.05, 0) is 62.4 Å². The maximum Gasteiger partial charge on any atom is 0.317 e. The number of ether oxygens (including phenoxy) is 1. The van der Waals surface area contributed by atoms with Gasteiger partial charge in [0.1, 0.15) is 5.75 Å². The number of nitrogens with zero attached hydrogens (tertiary/aromatic N) is 3. The highest BCUT2D eigenvalue weighted by Gasteiger charge is 2.31. The van der Waals surface area contributed by atoms with Crippen molar-refractivity contribution in [2.24, 2.45) is 0 Å². The van der Waals surface area contributed by atoms with Crippen LogP contribution in [0.5, 0.6) is 5.75 Å². The number of nitrogens with two attached hydrogens (primary N) is 1. The van der Waals surface area contributed by atoms with Gasteiger partial charge in [-0.3, -0.25) is 0 Å². The molecule has 0 radical (unpaired) electrons. The Morgan fingerprint density at radius 3 is 2.88 bits per heavy atom. The molecule has 2 aromatic carbocycles. The Bertz CT molecular complexity index is 1210. The fourth-order valence-corrected chi connectivity index (χ4v) is 4.67. The molecule has 2 atom stereocenters. The zero-order valence-corrected chi connectivity index (χ0v) is 19.3. The molecule has 1 saturated heterocycles. The van der Waals surface area contributed by atoms with Crippen molar-refractivity contribution in [3.63, 3.8) is 0 Å². The number of rotatable bonds is 5. The largest absolute Gasteiger partial charge is 0.489 e. The Labute approximate surface area is 197 Å². The van der Waals surface area contributed by atoms with Crippen molar-refractivity contribution >= 4 is 11.7 Å². The van der Waals surface area contributed by atoms with E-state index in [1.807, 2.05) is 38.1 Å². The number of urea groups is 1.